The van der Waals surface area contributed by atoms with Gasteiger partial charge in [-0.3, -0.25) is 4.79 Å². The summed E-state index contributed by atoms with van der Waals surface area (Å²) in [4.78, 5) is 13.1. The number of fused-ring (bicyclic) bond motifs is 1. The topological polar surface area (TPSA) is 29.1 Å². The minimum Gasteiger partial charge on any atom is -0.325 e. The standard InChI is InChI=1S/C20H15Cl2NO/c21-20(22)13-19(20,15-9-2-1-3-10-15)18(24)23-17-12-6-8-14-7-4-5-11-16(14)17/h1-12H,13H2,(H,23,24)/t19-/m1/s1. The summed E-state index contributed by atoms with van der Waals surface area (Å²) in [7, 11) is 0. The van der Waals surface area contributed by atoms with Gasteiger partial charge in [0.05, 0.1) is 0 Å². The van der Waals surface area contributed by atoms with Gasteiger partial charge in [-0.2, -0.15) is 0 Å². The molecule has 120 valence electrons. The number of hydrogen-bond acceptors (Lipinski definition) is 1. The molecule has 1 N–H and O–H groups in total. The molecule has 4 rings (SSSR count). The van der Waals surface area contributed by atoms with Gasteiger partial charge in [-0.15, -0.1) is 23.2 Å². The molecule has 4 heteroatoms. The first-order valence-electron chi connectivity index (χ1n) is 7.77. The Morgan fingerprint density at radius 2 is 1.50 bits per heavy atom. The lowest BCUT2D eigenvalue weighted by Gasteiger charge is -2.19. The zero-order chi connectivity index (χ0) is 16.8. The highest BCUT2D eigenvalue weighted by Gasteiger charge is 2.72. The fraction of sp³-hybridized carbons (Fsp3) is 0.150. The van der Waals surface area contributed by atoms with Crippen LogP contribution in [0.4, 0.5) is 5.69 Å². The van der Waals surface area contributed by atoms with Gasteiger partial charge in [-0.05, 0) is 17.0 Å². The van der Waals surface area contributed by atoms with Crippen LogP contribution in [0, 0.1) is 0 Å². The number of nitrogens with one attached hydrogen (secondary N) is 1. The zero-order valence-corrected chi connectivity index (χ0v) is 14.3. The Morgan fingerprint density at radius 1 is 0.875 bits per heavy atom. The average Bonchev–Trinajstić information content (AvgIpc) is 3.20. The lowest BCUT2D eigenvalue weighted by atomic mass is 9.94. The van der Waals surface area contributed by atoms with Crippen LogP contribution < -0.4 is 5.32 Å². The largest absolute Gasteiger partial charge is 0.325 e. The Morgan fingerprint density at radius 3 is 2.21 bits per heavy atom. The number of amides is 1. The molecule has 3 aromatic carbocycles. The number of carbonyl (C=O) groups is 1. The fourth-order valence-corrected chi connectivity index (χ4v) is 4.06. The van der Waals surface area contributed by atoms with Gasteiger partial charge in [0.25, 0.3) is 0 Å². The molecule has 1 fully saturated rings. The second-order valence-electron chi connectivity index (χ2n) is 6.13. The molecule has 0 aromatic heterocycles. The van der Waals surface area contributed by atoms with Crippen LogP contribution >= 0.6 is 23.2 Å². The van der Waals surface area contributed by atoms with E-state index in [1.54, 1.807) is 0 Å². The SMILES string of the molecule is O=C(Nc1cccc2ccccc12)[C@]1(c2ccccc2)CC1(Cl)Cl. The van der Waals surface area contributed by atoms with Gasteiger partial charge in [0, 0.05) is 17.5 Å². The predicted octanol–water partition coefficient (Wildman–Crippen LogP) is 5.29. The van der Waals surface area contributed by atoms with Gasteiger partial charge < -0.3 is 5.32 Å². The molecular weight excluding hydrogens is 341 g/mol. The van der Waals surface area contributed by atoms with Gasteiger partial charge in [0.2, 0.25) is 5.91 Å². The second-order valence-corrected chi connectivity index (χ2v) is 7.62. The van der Waals surface area contributed by atoms with E-state index >= 15 is 0 Å². The molecule has 0 spiro atoms. The first-order valence-corrected chi connectivity index (χ1v) is 8.53. The van der Waals surface area contributed by atoms with E-state index in [2.05, 4.69) is 5.32 Å². The molecule has 1 amide bonds. The maximum Gasteiger partial charge on any atom is 0.238 e. The average molecular weight is 356 g/mol. The molecule has 0 saturated heterocycles. The van der Waals surface area contributed by atoms with E-state index in [0.717, 1.165) is 22.0 Å². The molecule has 1 aliphatic rings. The van der Waals surface area contributed by atoms with E-state index in [-0.39, 0.29) is 5.91 Å². The Balaban J connectivity index is 1.73. The quantitative estimate of drug-likeness (QED) is 0.635. The van der Waals surface area contributed by atoms with Crippen molar-refractivity contribution >= 4 is 45.6 Å². The Labute approximate surface area is 150 Å². The van der Waals surface area contributed by atoms with Gasteiger partial charge in [0.1, 0.15) is 9.75 Å². The van der Waals surface area contributed by atoms with Gasteiger partial charge in [-0.25, -0.2) is 0 Å². The van der Waals surface area contributed by atoms with Gasteiger partial charge >= 0.3 is 0 Å². The lowest BCUT2D eigenvalue weighted by Crippen LogP contribution is -2.32. The minimum absolute atomic E-state index is 0.171. The normalized spacial score (nSPS) is 21.4. The summed E-state index contributed by atoms with van der Waals surface area (Å²) in [6, 6.07) is 23.3. The first-order chi connectivity index (χ1) is 11.5. The van der Waals surface area contributed by atoms with Crippen LogP contribution in [-0.2, 0) is 10.2 Å². The summed E-state index contributed by atoms with van der Waals surface area (Å²) in [5.41, 5.74) is 0.700. The molecule has 1 atom stereocenters. The maximum absolute atomic E-state index is 13.1. The summed E-state index contributed by atoms with van der Waals surface area (Å²) >= 11 is 12.8. The molecule has 0 radical (unpaired) electrons. The van der Waals surface area contributed by atoms with Crippen LogP contribution in [-0.4, -0.2) is 10.2 Å². The number of carbonyl (C=O) groups excluding carboxylic acids is 1. The zero-order valence-electron chi connectivity index (χ0n) is 12.8. The Kier molecular flexibility index (Phi) is 3.56. The second kappa shape index (κ2) is 5.51. The van der Waals surface area contributed by atoms with E-state index < -0.39 is 9.75 Å². The van der Waals surface area contributed by atoms with Crippen molar-refractivity contribution in [2.24, 2.45) is 0 Å². The highest BCUT2D eigenvalue weighted by atomic mass is 35.5. The van der Waals surface area contributed by atoms with Crippen molar-refractivity contribution in [3.63, 3.8) is 0 Å². The summed E-state index contributed by atoms with van der Waals surface area (Å²) in [5, 5.41) is 5.10. The summed E-state index contributed by atoms with van der Waals surface area (Å²) in [6.07, 6.45) is 0.406. The van der Waals surface area contributed by atoms with Gasteiger partial charge in [-0.1, -0.05) is 66.7 Å². The first kappa shape index (κ1) is 15.5. The monoisotopic (exact) mass is 355 g/mol. The Bertz CT molecular complexity index is 918. The van der Waals surface area contributed by atoms with Crippen molar-refractivity contribution in [1.82, 2.24) is 0 Å². The van der Waals surface area contributed by atoms with E-state index in [9.17, 15) is 4.79 Å². The highest BCUT2D eigenvalue weighted by Crippen LogP contribution is 2.65. The summed E-state index contributed by atoms with van der Waals surface area (Å²) in [6.45, 7) is 0. The van der Waals surface area contributed by atoms with Crippen LogP contribution in [0.2, 0.25) is 0 Å². The van der Waals surface area contributed by atoms with Crippen molar-refractivity contribution in [2.75, 3.05) is 5.32 Å². The van der Waals surface area contributed by atoms with Crippen LogP contribution in [0.3, 0.4) is 0 Å². The third kappa shape index (κ3) is 2.29. The van der Waals surface area contributed by atoms with E-state index in [0.29, 0.717) is 6.42 Å². The fourth-order valence-electron chi connectivity index (χ4n) is 3.27. The number of rotatable bonds is 3. The molecule has 0 heterocycles. The smallest absolute Gasteiger partial charge is 0.238 e. The van der Waals surface area contributed by atoms with Crippen molar-refractivity contribution in [2.45, 2.75) is 16.2 Å². The van der Waals surface area contributed by atoms with Crippen LogP contribution in [0.25, 0.3) is 10.8 Å². The minimum atomic E-state index is -1.08. The van der Waals surface area contributed by atoms with Crippen molar-refractivity contribution < 1.29 is 4.79 Å². The molecule has 2 nitrogen and oxygen atoms in total. The molecular formula is C20H15Cl2NO. The van der Waals surface area contributed by atoms with Crippen LogP contribution in [0.15, 0.2) is 72.8 Å². The number of halogens is 2. The molecule has 1 saturated carbocycles. The maximum atomic E-state index is 13.1. The Hall–Kier alpha value is -2.03. The predicted molar refractivity (Wildman–Crippen MR) is 99.8 cm³/mol. The molecule has 0 aliphatic heterocycles. The van der Waals surface area contributed by atoms with Crippen LogP contribution in [0.1, 0.15) is 12.0 Å². The summed E-state index contributed by atoms with van der Waals surface area (Å²) in [5.74, 6) is -0.171. The number of anilines is 1. The molecule has 1 aliphatic carbocycles. The third-order valence-electron chi connectivity index (χ3n) is 4.68. The van der Waals surface area contributed by atoms with E-state index in [4.69, 9.17) is 23.2 Å². The van der Waals surface area contributed by atoms with Crippen LogP contribution in [0.5, 0.6) is 0 Å². The number of benzene rings is 3. The molecule has 0 bridgehead atoms. The third-order valence-corrected chi connectivity index (χ3v) is 5.59. The van der Waals surface area contributed by atoms with E-state index in [1.165, 1.54) is 0 Å². The lowest BCUT2D eigenvalue weighted by molar-refractivity contribution is -0.118. The summed E-state index contributed by atoms with van der Waals surface area (Å²) < 4.78 is -1.08. The molecule has 3 aromatic rings. The van der Waals surface area contributed by atoms with Crippen molar-refractivity contribution in [3.05, 3.63) is 78.4 Å². The van der Waals surface area contributed by atoms with E-state index in [1.807, 2.05) is 72.8 Å². The number of alkyl halides is 2. The highest BCUT2D eigenvalue weighted by molar-refractivity contribution is 6.54. The van der Waals surface area contributed by atoms with Gasteiger partial charge in [0.15, 0.2) is 0 Å². The number of hydrogen-bond donors (Lipinski definition) is 1. The van der Waals surface area contributed by atoms with Crippen molar-refractivity contribution in [3.8, 4) is 0 Å². The molecule has 0 unspecified atom stereocenters. The molecule has 24 heavy (non-hydrogen) atoms. The van der Waals surface area contributed by atoms with Crippen molar-refractivity contribution in [1.29, 1.82) is 0 Å².